The van der Waals surface area contributed by atoms with E-state index in [9.17, 15) is 0 Å². The molecule has 0 aromatic heterocycles. The van der Waals surface area contributed by atoms with Gasteiger partial charge in [0.1, 0.15) is 0 Å². The fourth-order valence-corrected chi connectivity index (χ4v) is 2.61. The predicted molar refractivity (Wildman–Crippen MR) is 68.3 cm³/mol. The van der Waals surface area contributed by atoms with Crippen molar-refractivity contribution in [3.8, 4) is 0 Å². The number of nitrogens with one attached hydrogen (secondary N) is 1. The van der Waals surface area contributed by atoms with Crippen LogP contribution < -0.4 is 10.6 Å². The summed E-state index contributed by atoms with van der Waals surface area (Å²) in [5.41, 5.74) is 3.32. The minimum absolute atomic E-state index is 0. The lowest BCUT2D eigenvalue weighted by atomic mass is 10.2. The molecule has 0 amide bonds. The van der Waals surface area contributed by atoms with Gasteiger partial charge in [0.2, 0.25) is 0 Å². The molecule has 84 valence electrons. The van der Waals surface area contributed by atoms with Crippen molar-refractivity contribution in [2.75, 3.05) is 13.1 Å². The molecule has 1 unspecified atom stereocenters. The third-order valence-corrected chi connectivity index (χ3v) is 3.64. The summed E-state index contributed by atoms with van der Waals surface area (Å²) in [6.07, 6.45) is 0. The topological polar surface area (TPSA) is 28.6 Å². The van der Waals surface area contributed by atoms with Crippen molar-refractivity contribution >= 4 is 24.2 Å². The summed E-state index contributed by atoms with van der Waals surface area (Å²) in [7, 11) is 0. The van der Waals surface area contributed by atoms with Crippen molar-refractivity contribution < 1.29 is 5.32 Å². The van der Waals surface area contributed by atoms with Gasteiger partial charge in [-0.25, -0.2) is 0 Å². The Hall–Kier alpha value is -0.220. The van der Waals surface area contributed by atoms with Gasteiger partial charge in [-0.3, -0.25) is 5.32 Å². The lowest BCUT2D eigenvalue weighted by molar-refractivity contribution is -0.649. The average molecular weight is 246 g/mol. The molecule has 1 fully saturated rings. The second-order valence-electron chi connectivity index (χ2n) is 3.70. The first kappa shape index (κ1) is 12.8. The van der Waals surface area contributed by atoms with Gasteiger partial charge >= 0.3 is 0 Å². The summed E-state index contributed by atoms with van der Waals surface area (Å²) in [5.74, 6) is 1.11. The Morgan fingerprint density at radius 3 is 2.73 bits per heavy atom. The van der Waals surface area contributed by atoms with Crippen molar-refractivity contribution in [2.24, 2.45) is 0 Å². The van der Waals surface area contributed by atoms with Crippen LogP contribution in [0.3, 0.4) is 0 Å². The standard InChI is InChI=1S/C11H16N2S.ClH/c1-9-2-4-10(5-3-9)8-14-11-12-6-7-13-11;/h2-5,11-13H,6-8H2,1H3;1H/p+1. The van der Waals surface area contributed by atoms with E-state index in [-0.39, 0.29) is 12.4 Å². The molecule has 0 spiro atoms. The summed E-state index contributed by atoms with van der Waals surface area (Å²) >= 11 is 1.98. The minimum atomic E-state index is 0. The van der Waals surface area contributed by atoms with Gasteiger partial charge in [0.15, 0.2) is 5.50 Å². The first-order chi connectivity index (χ1) is 6.84. The maximum atomic E-state index is 3.45. The Morgan fingerprint density at radius 2 is 2.13 bits per heavy atom. The number of aryl methyl sites for hydroxylation is 1. The van der Waals surface area contributed by atoms with Crippen LogP contribution in [-0.4, -0.2) is 18.6 Å². The summed E-state index contributed by atoms with van der Waals surface area (Å²) in [6, 6.07) is 8.80. The van der Waals surface area contributed by atoms with Crippen LogP contribution in [0, 0.1) is 6.92 Å². The van der Waals surface area contributed by atoms with Crippen LogP contribution in [0.1, 0.15) is 11.1 Å². The van der Waals surface area contributed by atoms with Gasteiger partial charge in [-0.05, 0) is 12.5 Å². The van der Waals surface area contributed by atoms with Crippen LogP contribution >= 0.6 is 24.2 Å². The quantitative estimate of drug-likeness (QED) is 0.835. The van der Waals surface area contributed by atoms with Gasteiger partial charge in [-0.15, -0.1) is 12.4 Å². The second-order valence-corrected chi connectivity index (χ2v) is 4.83. The molecule has 15 heavy (non-hydrogen) atoms. The lowest BCUT2D eigenvalue weighted by Gasteiger charge is -2.06. The molecule has 0 radical (unpaired) electrons. The molecule has 0 aliphatic carbocycles. The lowest BCUT2D eigenvalue weighted by Crippen LogP contribution is -2.87. The van der Waals surface area contributed by atoms with E-state index in [2.05, 4.69) is 41.8 Å². The van der Waals surface area contributed by atoms with Gasteiger partial charge in [0, 0.05) is 5.75 Å². The van der Waals surface area contributed by atoms with Gasteiger partial charge < -0.3 is 5.32 Å². The van der Waals surface area contributed by atoms with E-state index >= 15 is 0 Å². The first-order valence-electron chi connectivity index (χ1n) is 5.08. The molecule has 1 aliphatic heterocycles. The van der Waals surface area contributed by atoms with E-state index < -0.39 is 0 Å². The number of rotatable bonds is 3. The number of nitrogens with two attached hydrogens (primary N) is 1. The number of halogens is 1. The summed E-state index contributed by atoms with van der Waals surface area (Å²) in [4.78, 5) is 0. The zero-order valence-electron chi connectivity index (χ0n) is 8.90. The number of benzene rings is 1. The van der Waals surface area contributed by atoms with Crippen LogP contribution in [0.4, 0.5) is 0 Å². The van der Waals surface area contributed by atoms with E-state index in [4.69, 9.17) is 0 Å². The van der Waals surface area contributed by atoms with Crippen molar-refractivity contribution in [2.45, 2.75) is 18.2 Å². The summed E-state index contributed by atoms with van der Waals surface area (Å²) < 4.78 is 0. The smallest absolute Gasteiger partial charge is 0.188 e. The van der Waals surface area contributed by atoms with Gasteiger partial charge in [0.25, 0.3) is 0 Å². The third kappa shape index (κ3) is 4.03. The molecular formula is C11H18ClN2S+. The number of quaternary nitrogens is 1. The van der Waals surface area contributed by atoms with E-state index in [0.717, 1.165) is 12.3 Å². The monoisotopic (exact) mass is 245 g/mol. The highest BCUT2D eigenvalue weighted by molar-refractivity contribution is 7.98. The fraction of sp³-hybridized carbons (Fsp3) is 0.455. The zero-order valence-corrected chi connectivity index (χ0v) is 10.5. The Morgan fingerprint density at radius 1 is 1.40 bits per heavy atom. The Bertz CT molecular complexity index is 283. The van der Waals surface area contributed by atoms with E-state index in [0.29, 0.717) is 5.50 Å². The van der Waals surface area contributed by atoms with Crippen molar-refractivity contribution in [3.05, 3.63) is 35.4 Å². The minimum Gasteiger partial charge on any atom is -0.321 e. The fourth-order valence-electron chi connectivity index (χ4n) is 1.54. The van der Waals surface area contributed by atoms with E-state index in [1.807, 2.05) is 11.8 Å². The molecule has 1 aliphatic rings. The molecule has 2 nitrogen and oxygen atoms in total. The second kappa shape index (κ2) is 6.38. The number of hydrogen-bond acceptors (Lipinski definition) is 2. The highest BCUT2D eigenvalue weighted by Crippen LogP contribution is 2.14. The highest BCUT2D eigenvalue weighted by Gasteiger charge is 2.16. The maximum absolute atomic E-state index is 3.45. The highest BCUT2D eigenvalue weighted by atomic mass is 35.5. The Kier molecular flexibility index (Phi) is 5.47. The largest absolute Gasteiger partial charge is 0.321 e. The molecule has 0 bridgehead atoms. The van der Waals surface area contributed by atoms with Crippen molar-refractivity contribution in [1.82, 2.24) is 5.32 Å². The molecule has 1 saturated heterocycles. The van der Waals surface area contributed by atoms with E-state index in [1.165, 1.54) is 17.7 Å². The SMILES string of the molecule is Cc1ccc(CSC2NCC[NH2+]2)cc1.Cl. The number of thioether (sulfide) groups is 1. The van der Waals surface area contributed by atoms with Crippen LogP contribution in [0.2, 0.25) is 0 Å². The molecule has 1 aromatic rings. The summed E-state index contributed by atoms with van der Waals surface area (Å²) in [5, 5.41) is 5.81. The zero-order chi connectivity index (χ0) is 9.80. The Balaban J connectivity index is 0.00000112. The van der Waals surface area contributed by atoms with Crippen LogP contribution in [-0.2, 0) is 5.75 Å². The van der Waals surface area contributed by atoms with Crippen molar-refractivity contribution in [3.63, 3.8) is 0 Å². The molecule has 4 heteroatoms. The van der Waals surface area contributed by atoms with Crippen LogP contribution in [0.5, 0.6) is 0 Å². The van der Waals surface area contributed by atoms with Gasteiger partial charge in [0.05, 0.1) is 13.1 Å². The van der Waals surface area contributed by atoms with Crippen molar-refractivity contribution in [1.29, 1.82) is 0 Å². The van der Waals surface area contributed by atoms with Gasteiger partial charge in [-0.1, -0.05) is 41.6 Å². The van der Waals surface area contributed by atoms with Crippen LogP contribution in [0.25, 0.3) is 0 Å². The molecule has 0 saturated carbocycles. The van der Waals surface area contributed by atoms with Gasteiger partial charge in [-0.2, -0.15) is 0 Å². The first-order valence-corrected chi connectivity index (χ1v) is 6.13. The molecule has 2 rings (SSSR count). The molecule has 1 atom stereocenters. The molecule has 1 aromatic carbocycles. The molecule has 1 heterocycles. The molecular weight excluding hydrogens is 228 g/mol. The average Bonchev–Trinajstić information content (AvgIpc) is 2.70. The van der Waals surface area contributed by atoms with E-state index in [1.54, 1.807) is 0 Å². The Labute approximate surface area is 102 Å². The van der Waals surface area contributed by atoms with Crippen LogP contribution in [0.15, 0.2) is 24.3 Å². The maximum Gasteiger partial charge on any atom is 0.188 e. The predicted octanol–water partition coefficient (Wildman–Crippen LogP) is 1.10. The third-order valence-electron chi connectivity index (χ3n) is 2.42. The number of hydrogen-bond donors (Lipinski definition) is 2. The normalized spacial score (nSPS) is 19.9. The summed E-state index contributed by atoms with van der Waals surface area (Å²) in [6.45, 7) is 4.49. The molecule has 3 N–H and O–H groups in total.